The second-order valence-corrected chi connectivity index (χ2v) is 7.79. The summed E-state index contributed by atoms with van der Waals surface area (Å²) in [5.41, 5.74) is 2.09. The van der Waals surface area contributed by atoms with Gasteiger partial charge in [0.25, 0.3) is 5.88 Å². The number of hydrogen-bond acceptors (Lipinski definition) is 8. The molecule has 0 aliphatic carbocycles. The van der Waals surface area contributed by atoms with Crippen LogP contribution in [0, 0.1) is 0 Å². The Labute approximate surface area is 180 Å². The molecule has 1 atom stereocenters. The molecule has 0 spiro atoms. The Morgan fingerprint density at radius 2 is 2.19 bits per heavy atom. The first-order valence-electron chi connectivity index (χ1n) is 10.2. The molecule has 3 aromatic rings. The van der Waals surface area contributed by atoms with Crippen molar-refractivity contribution in [1.29, 1.82) is 0 Å². The van der Waals surface area contributed by atoms with Gasteiger partial charge in [0.05, 0.1) is 19.6 Å². The minimum Gasteiger partial charge on any atom is -0.478 e. The van der Waals surface area contributed by atoms with Crippen molar-refractivity contribution in [3.8, 4) is 5.88 Å². The summed E-state index contributed by atoms with van der Waals surface area (Å²) in [6, 6.07) is 0.210. The highest BCUT2D eigenvalue weighted by atomic mass is 16.5. The van der Waals surface area contributed by atoms with Gasteiger partial charge in [-0.25, -0.2) is 4.98 Å². The fourth-order valence-corrected chi connectivity index (χ4v) is 3.66. The van der Waals surface area contributed by atoms with Crippen LogP contribution in [-0.2, 0) is 11.8 Å². The monoisotopic (exact) mass is 425 g/mol. The van der Waals surface area contributed by atoms with Gasteiger partial charge in [0.2, 0.25) is 11.9 Å². The van der Waals surface area contributed by atoms with Crippen LogP contribution in [0.2, 0.25) is 0 Å². The number of ether oxygens (including phenoxy) is 1. The Balaban J connectivity index is 1.72. The van der Waals surface area contributed by atoms with E-state index in [4.69, 9.17) is 14.7 Å². The minimum atomic E-state index is -0.174. The normalized spacial score (nSPS) is 16.2. The molecule has 3 aromatic heterocycles. The number of aromatic nitrogens is 6. The zero-order valence-electron chi connectivity index (χ0n) is 18.2. The van der Waals surface area contributed by atoms with E-state index in [1.54, 1.807) is 18.1 Å². The molecule has 0 radical (unpaired) electrons. The molecule has 0 unspecified atom stereocenters. The number of hydrogen-bond donors (Lipinski definition) is 2. The molecule has 1 aliphatic rings. The van der Waals surface area contributed by atoms with E-state index in [-0.39, 0.29) is 18.0 Å². The molecule has 1 aliphatic heterocycles. The van der Waals surface area contributed by atoms with E-state index >= 15 is 0 Å². The first-order chi connectivity index (χ1) is 14.9. The molecule has 11 heteroatoms. The van der Waals surface area contributed by atoms with Crippen molar-refractivity contribution < 1.29 is 9.53 Å². The molecular formula is C20H27N9O2. The van der Waals surface area contributed by atoms with Crippen LogP contribution in [0.1, 0.15) is 26.3 Å². The Morgan fingerprint density at radius 1 is 1.39 bits per heavy atom. The summed E-state index contributed by atoms with van der Waals surface area (Å²) >= 11 is 0. The second kappa shape index (κ2) is 8.25. The summed E-state index contributed by atoms with van der Waals surface area (Å²) in [6.07, 6.45) is 5.69. The zero-order chi connectivity index (χ0) is 22.1. The minimum absolute atomic E-state index is 0.0228. The predicted octanol–water partition coefficient (Wildman–Crippen LogP) is 1.77. The lowest BCUT2D eigenvalue weighted by Crippen LogP contribution is -2.36. The maximum atomic E-state index is 11.7. The van der Waals surface area contributed by atoms with Crippen molar-refractivity contribution in [3.63, 3.8) is 0 Å². The van der Waals surface area contributed by atoms with Crippen molar-refractivity contribution in [2.45, 2.75) is 32.4 Å². The Hall–Kier alpha value is -3.63. The lowest BCUT2D eigenvalue weighted by Gasteiger charge is -2.18. The maximum absolute atomic E-state index is 11.7. The van der Waals surface area contributed by atoms with Crippen molar-refractivity contribution in [2.75, 3.05) is 30.4 Å². The molecule has 1 saturated heterocycles. The largest absolute Gasteiger partial charge is 0.478 e. The molecule has 0 saturated carbocycles. The average molecular weight is 425 g/mol. The van der Waals surface area contributed by atoms with Gasteiger partial charge in [0.15, 0.2) is 17.0 Å². The van der Waals surface area contributed by atoms with Crippen LogP contribution >= 0.6 is 0 Å². The zero-order valence-corrected chi connectivity index (χ0v) is 18.2. The van der Waals surface area contributed by atoms with E-state index in [0.29, 0.717) is 35.4 Å². The molecular weight excluding hydrogens is 398 g/mol. The number of carbonyl (C=O) groups is 1. The Bertz CT molecular complexity index is 1120. The van der Waals surface area contributed by atoms with Crippen LogP contribution in [0.4, 0.5) is 17.5 Å². The summed E-state index contributed by atoms with van der Waals surface area (Å²) in [7, 11) is 3.40. The molecule has 0 aromatic carbocycles. The fourth-order valence-electron chi connectivity index (χ4n) is 3.66. The topological polar surface area (TPSA) is 115 Å². The summed E-state index contributed by atoms with van der Waals surface area (Å²) in [6.45, 7) is 9.03. The second-order valence-electron chi connectivity index (χ2n) is 7.79. The van der Waals surface area contributed by atoms with E-state index in [1.165, 1.54) is 6.08 Å². The van der Waals surface area contributed by atoms with Crippen LogP contribution in [0.3, 0.4) is 0 Å². The average Bonchev–Trinajstić information content (AvgIpc) is 3.45. The molecule has 4 rings (SSSR count). The summed E-state index contributed by atoms with van der Waals surface area (Å²) in [4.78, 5) is 27.9. The fraction of sp³-hybridized carbons (Fsp3) is 0.450. The van der Waals surface area contributed by atoms with Gasteiger partial charge in [-0.2, -0.15) is 9.97 Å². The number of carbonyl (C=O) groups excluding carboxylic acids is 1. The van der Waals surface area contributed by atoms with Gasteiger partial charge in [-0.05, 0) is 26.3 Å². The molecule has 164 valence electrons. The van der Waals surface area contributed by atoms with Crippen LogP contribution in [0.25, 0.3) is 11.2 Å². The first-order valence-corrected chi connectivity index (χ1v) is 10.2. The van der Waals surface area contributed by atoms with Crippen LogP contribution in [-0.4, -0.2) is 61.4 Å². The first kappa shape index (κ1) is 20.6. The third kappa shape index (κ3) is 4.03. The summed E-state index contributed by atoms with van der Waals surface area (Å²) < 4.78 is 9.04. The van der Waals surface area contributed by atoms with Crippen LogP contribution in [0.15, 0.2) is 25.2 Å². The molecule has 0 bridgehead atoms. The van der Waals surface area contributed by atoms with E-state index in [2.05, 4.69) is 46.0 Å². The van der Waals surface area contributed by atoms with Gasteiger partial charge in [-0.1, -0.05) is 6.58 Å². The van der Waals surface area contributed by atoms with Crippen molar-refractivity contribution in [1.82, 2.24) is 34.6 Å². The molecule has 31 heavy (non-hydrogen) atoms. The van der Waals surface area contributed by atoms with Gasteiger partial charge >= 0.3 is 0 Å². The highest BCUT2D eigenvalue weighted by molar-refractivity contribution is 5.88. The number of fused-ring (bicyclic) bond motifs is 1. The van der Waals surface area contributed by atoms with Crippen molar-refractivity contribution >= 4 is 34.5 Å². The van der Waals surface area contributed by atoms with Crippen LogP contribution < -0.4 is 20.3 Å². The number of rotatable bonds is 7. The third-order valence-electron chi connectivity index (χ3n) is 5.21. The maximum Gasteiger partial charge on any atom is 0.256 e. The SMILES string of the molecule is C=CC(=O)N[C@H]1CCN(c2nc(Nc3cn(C)nc3OC)c3ncn(C(C)C)c3n2)C1. The van der Waals surface area contributed by atoms with Gasteiger partial charge in [-0.15, -0.1) is 5.10 Å². The number of nitrogens with zero attached hydrogens (tertiary/aromatic N) is 7. The molecule has 1 amide bonds. The molecule has 4 heterocycles. The van der Waals surface area contributed by atoms with Gasteiger partial charge in [-0.3, -0.25) is 9.48 Å². The molecule has 11 nitrogen and oxygen atoms in total. The lowest BCUT2D eigenvalue weighted by molar-refractivity contribution is -0.117. The third-order valence-corrected chi connectivity index (χ3v) is 5.21. The number of methoxy groups -OCH3 is 1. The Kier molecular flexibility index (Phi) is 5.49. The highest BCUT2D eigenvalue weighted by Crippen LogP contribution is 2.31. The van der Waals surface area contributed by atoms with Gasteiger partial charge in [0, 0.05) is 32.2 Å². The van der Waals surface area contributed by atoms with E-state index < -0.39 is 0 Å². The van der Waals surface area contributed by atoms with Crippen LogP contribution in [0.5, 0.6) is 5.88 Å². The number of amides is 1. The van der Waals surface area contributed by atoms with E-state index in [1.807, 2.05) is 17.8 Å². The standard InChI is InChI=1S/C20H27N9O2/c1-6-15(30)22-13-7-8-28(9-13)20-24-17(23-14-10-27(4)26-19(14)31-5)16-18(25-20)29(11-21-16)12(2)3/h6,10-13H,1,7-9H2,2-5H3,(H,22,30)(H,23,24,25)/t13-/m0/s1. The quantitative estimate of drug-likeness (QED) is 0.551. The number of nitrogens with one attached hydrogen (secondary N) is 2. The highest BCUT2D eigenvalue weighted by Gasteiger charge is 2.27. The molecule has 2 N–H and O–H groups in total. The number of anilines is 3. The summed E-state index contributed by atoms with van der Waals surface area (Å²) in [5, 5.41) is 10.5. The number of imidazole rings is 1. The van der Waals surface area contributed by atoms with E-state index in [9.17, 15) is 4.79 Å². The Morgan fingerprint density at radius 3 is 2.90 bits per heavy atom. The smallest absolute Gasteiger partial charge is 0.256 e. The van der Waals surface area contributed by atoms with E-state index in [0.717, 1.165) is 18.6 Å². The summed E-state index contributed by atoms with van der Waals surface area (Å²) in [5.74, 6) is 1.44. The predicted molar refractivity (Wildman–Crippen MR) is 118 cm³/mol. The van der Waals surface area contributed by atoms with Crippen molar-refractivity contribution in [2.24, 2.45) is 7.05 Å². The van der Waals surface area contributed by atoms with Gasteiger partial charge in [0.1, 0.15) is 5.69 Å². The molecule has 1 fully saturated rings. The number of aryl methyl sites for hydroxylation is 1. The van der Waals surface area contributed by atoms with Crippen molar-refractivity contribution in [3.05, 3.63) is 25.2 Å². The van der Waals surface area contributed by atoms with Gasteiger partial charge < -0.3 is 24.8 Å². The lowest BCUT2D eigenvalue weighted by atomic mass is 10.2.